The Balaban J connectivity index is 1.80. The molecular weight excluding hydrogens is 477 g/mol. The Labute approximate surface area is 205 Å². The summed E-state index contributed by atoms with van der Waals surface area (Å²) in [4.78, 5) is 30.4. The SMILES string of the molecule is COC(=O)c1c(NC(=O)c2ccccc2)c2cc(NC(C)CC(F)(F)F)cnc2n1CC1CCCO1. The molecule has 0 bridgehead atoms. The summed E-state index contributed by atoms with van der Waals surface area (Å²) < 4.78 is 50.9. The van der Waals surface area contributed by atoms with E-state index in [9.17, 15) is 22.8 Å². The molecule has 4 rings (SSSR count). The van der Waals surface area contributed by atoms with Crippen molar-refractivity contribution in [2.75, 3.05) is 24.4 Å². The fourth-order valence-corrected chi connectivity index (χ4v) is 4.37. The van der Waals surface area contributed by atoms with Gasteiger partial charge in [-0.15, -0.1) is 0 Å². The topological polar surface area (TPSA) is 94.5 Å². The predicted molar refractivity (Wildman–Crippen MR) is 128 cm³/mol. The number of alkyl halides is 3. The molecule has 1 amide bonds. The number of pyridine rings is 1. The van der Waals surface area contributed by atoms with Crippen LogP contribution in [0.3, 0.4) is 0 Å². The molecule has 2 unspecified atom stereocenters. The first kappa shape index (κ1) is 25.5. The number of hydrogen-bond donors (Lipinski definition) is 2. The van der Waals surface area contributed by atoms with Crippen molar-refractivity contribution in [1.82, 2.24) is 9.55 Å². The Morgan fingerprint density at radius 2 is 2.03 bits per heavy atom. The van der Waals surface area contributed by atoms with Gasteiger partial charge in [-0.25, -0.2) is 9.78 Å². The second-order valence-electron chi connectivity index (χ2n) is 8.74. The average Bonchev–Trinajstić information content (AvgIpc) is 3.44. The van der Waals surface area contributed by atoms with Crippen LogP contribution in [0.25, 0.3) is 11.0 Å². The van der Waals surface area contributed by atoms with Crippen LogP contribution in [0, 0.1) is 0 Å². The van der Waals surface area contributed by atoms with Gasteiger partial charge in [0.25, 0.3) is 5.91 Å². The first-order valence-corrected chi connectivity index (χ1v) is 11.6. The number of nitrogens with zero attached hydrogens (tertiary/aromatic N) is 2. The maximum atomic E-state index is 13.0. The smallest absolute Gasteiger partial charge is 0.391 e. The van der Waals surface area contributed by atoms with Gasteiger partial charge in [-0.1, -0.05) is 18.2 Å². The molecule has 8 nitrogen and oxygen atoms in total. The standard InChI is InChI=1S/C25H27F3N4O4/c1-15(12-25(26,27)28)30-17-11-19-20(31-23(33)16-7-4-3-5-8-16)21(24(34)35-2)32(22(19)29-13-17)14-18-9-6-10-36-18/h3-5,7-8,11,13,15,18,30H,6,9-10,12,14H2,1-2H3,(H,31,33). The van der Waals surface area contributed by atoms with E-state index in [0.29, 0.717) is 35.4 Å². The van der Waals surface area contributed by atoms with E-state index in [-0.39, 0.29) is 17.5 Å². The Bertz CT molecular complexity index is 1240. The van der Waals surface area contributed by atoms with E-state index in [2.05, 4.69) is 15.6 Å². The van der Waals surface area contributed by atoms with Gasteiger partial charge in [0.05, 0.1) is 43.8 Å². The first-order valence-electron chi connectivity index (χ1n) is 11.6. The number of carbonyl (C=O) groups is 2. The fraction of sp³-hybridized carbons (Fsp3) is 0.400. The number of benzene rings is 1. The Morgan fingerprint density at radius 1 is 1.28 bits per heavy atom. The molecule has 0 saturated carbocycles. The van der Waals surface area contributed by atoms with E-state index in [0.717, 1.165) is 12.8 Å². The third-order valence-corrected chi connectivity index (χ3v) is 5.91. The lowest BCUT2D eigenvalue weighted by Crippen LogP contribution is -2.23. The largest absolute Gasteiger partial charge is 0.464 e. The third-order valence-electron chi connectivity index (χ3n) is 5.91. The van der Waals surface area contributed by atoms with Crippen LogP contribution in [-0.2, 0) is 16.0 Å². The highest BCUT2D eigenvalue weighted by molar-refractivity contribution is 6.14. The summed E-state index contributed by atoms with van der Waals surface area (Å²) in [5.74, 6) is -1.14. The Morgan fingerprint density at radius 3 is 2.67 bits per heavy atom. The fourth-order valence-electron chi connectivity index (χ4n) is 4.37. The number of carbonyl (C=O) groups excluding carboxylic acids is 2. The van der Waals surface area contributed by atoms with Gasteiger partial charge >= 0.3 is 12.1 Å². The van der Waals surface area contributed by atoms with E-state index in [4.69, 9.17) is 9.47 Å². The number of fused-ring (bicyclic) bond motifs is 1. The normalized spacial score (nSPS) is 16.6. The van der Waals surface area contributed by atoms with Crippen molar-refractivity contribution in [2.45, 2.75) is 51.1 Å². The lowest BCUT2D eigenvalue weighted by atomic mass is 10.2. The molecule has 3 aromatic rings. The van der Waals surface area contributed by atoms with Crippen molar-refractivity contribution < 1.29 is 32.2 Å². The zero-order valence-corrected chi connectivity index (χ0v) is 19.9. The lowest BCUT2D eigenvalue weighted by molar-refractivity contribution is -0.136. The second-order valence-corrected chi connectivity index (χ2v) is 8.74. The molecule has 2 atom stereocenters. The van der Waals surface area contributed by atoms with Crippen molar-refractivity contribution in [3.05, 3.63) is 53.9 Å². The molecule has 1 fully saturated rings. The summed E-state index contributed by atoms with van der Waals surface area (Å²) in [6.45, 7) is 2.32. The highest BCUT2D eigenvalue weighted by atomic mass is 19.4. The number of amides is 1. The molecule has 2 aromatic heterocycles. The number of halogens is 3. The molecule has 0 spiro atoms. The molecule has 3 heterocycles. The average molecular weight is 505 g/mol. The minimum absolute atomic E-state index is 0.0836. The van der Waals surface area contributed by atoms with Crippen LogP contribution < -0.4 is 10.6 Å². The van der Waals surface area contributed by atoms with Gasteiger partial charge in [-0.3, -0.25) is 4.79 Å². The van der Waals surface area contributed by atoms with Crippen molar-refractivity contribution in [2.24, 2.45) is 0 Å². The molecule has 1 aromatic carbocycles. The van der Waals surface area contributed by atoms with Crippen LogP contribution in [0.1, 0.15) is 47.0 Å². The number of hydrogen-bond acceptors (Lipinski definition) is 6. The van der Waals surface area contributed by atoms with E-state index in [1.807, 2.05) is 0 Å². The molecule has 11 heteroatoms. The van der Waals surface area contributed by atoms with Crippen LogP contribution in [0.15, 0.2) is 42.6 Å². The molecule has 1 aliphatic rings. The van der Waals surface area contributed by atoms with Crippen molar-refractivity contribution >= 4 is 34.3 Å². The number of aromatic nitrogens is 2. The molecule has 0 aliphatic carbocycles. The van der Waals surface area contributed by atoms with E-state index in [1.54, 1.807) is 41.0 Å². The Kier molecular flexibility index (Phi) is 7.48. The minimum atomic E-state index is -4.33. The first-order chi connectivity index (χ1) is 17.2. The van der Waals surface area contributed by atoms with Crippen LogP contribution in [0.5, 0.6) is 0 Å². The van der Waals surface area contributed by atoms with E-state index in [1.165, 1.54) is 20.2 Å². The van der Waals surface area contributed by atoms with Gasteiger partial charge in [-0.05, 0) is 38.0 Å². The quantitative estimate of drug-likeness (QED) is 0.419. The molecule has 1 saturated heterocycles. The Hall–Kier alpha value is -3.60. The van der Waals surface area contributed by atoms with Crippen molar-refractivity contribution in [1.29, 1.82) is 0 Å². The highest BCUT2D eigenvalue weighted by Gasteiger charge is 2.31. The molecule has 0 radical (unpaired) electrons. The monoisotopic (exact) mass is 504 g/mol. The number of rotatable bonds is 8. The lowest BCUT2D eigenvalue weighted by Gasteiger charge is -2.17. The van der Waals surface area contributed by atoms with Gasteiger partial charge in [0.2, 0.25) is 0 Å². The van der Waals surface area contributed by atoms with Crippen molar-refractivity contribution in [3.63, 3.8) is 0 Å². The van der Waals surface area contributed by atoms with E-state index >= 15 is 0 Å². The maximum absolute atomic E-state index is 13.0. The summed E-state index contributed by atoms with van der Waals surface area (Å²) in [5.41, 5.74) is 1.32. The van der Waals surface area contributed by atoms with Gasteiger partial charge in [0.1, 0.15) is 5.65 Å². The summed E-state index contributed by atoms with van der Waals surface area (Å²) in [7, 11) is 1.23. The molecular formula is C25H27F3N4O4. The molecule has 1 aliphatic heterocycles. The van der Waals surface area contributed by atoms with Gasteiger partial charge in [0.15, 0.2) is 5.69 Å². The van der Waals surface area contributed by atoms with Crippen LogP contribution in [0.4, 0.5) is 24.5 Å². The highest BCUT2D eigenvalue weighted by Crippen LogP contribution is 2.34. The van der Waals surface area contributed by atoms with Gasteiger partial charge in [-0.2, -0.15) is 13.2 Å². The number of ether oxygens (including phenoxy) is 2. The van der Waals surface area contributed by atoms with Gasteiger partial charge in [0, 0.05) is 23.6 Å². The number of anilines is 2. The van der Waals surface area contributed by atoms with Crippen LogP contribution in [-0.4, -0.2) is 53.5 Å². The number of nitrogens with one attached hydrogen (secondary N) is 2. The van der Waals surface area contributed by atoms with E-state index < -0.39 is 30.5 Å². The molecule has 2 N–H and O–H groups in total. The van der Waals surface area contributed by atoms with Crippen LogP contribution in [0.2, 0.25) is 0 Å². The molecule has 192 valence electrons. The maximum Gasteiger partial charge on any atom is 0.391 e. The summed E-state index contributed by atoms with van der Waals surface area (Å²) in [6.07, 6.45) is -2.44. The summed E-state index contributed by atoms with van der Waals surface area (Å²) in [6, 6.07) is 9.11. The van der Waals surface area contributed by atoms with Gasteiger partial charge < -0.3 is 24.7 Å². The molecule has 36 heavy (non-hydrogen) atoms. The zero-order valence-electron chi connectivity index (χ0n) is 19.9. The van der Waals surface area contributed by atoms with Crippen LogP contribution >= 0.6 is 0 Å². The minimum Gasteiger partial charge on any atom is -0.464 e. The number of esters is 1. The second kappa shape index (κ2) is 10.6. The van der Waals surface area contributed by atoms with Crippen molar-refractivity contribution in [3.8, 4) is 0 Å². The zero-order chi connectivity index (χ0) is 25.9. The summed E-state index contributed by atoms with van der Waals surface area (Å²) >= 11 is 0. The summed E-state index contributed by atoms with van der Waals surface area (Å²) in [5, 5.41) is 5.99. The third kappa shape index (κ3) is 5.78. The number of methoxy groups -OCH3 is 1. The predicted octanol–water partition coefficient (Wildman–Crippen LogP) is 5.01.